The van der Waals surface area contributed by atoms with Crippen LogP contribution in [-0.4, -0.2) is 72.7 Å². The topological polar surface area (TPSA) is 180 Å². The molecule has 0 N–H and O–H groups in total. The van der Waals surface area contributed by atoms with Crippen molar-refractivity contribution in [3.05, 3.63) is 33.0 Å². The van der Waals surface area contributed by atoms with Gasteiger partial charge in [0.2, 0.25) is 0 Å². The van der Waals surface area contributed by atoms with Crippen molar-refractivity contribution in [2.45, 2.75) is 121 Å². The smallest absolute Gasteiger partial charge is 0.184 e. The number of azide groups is 2. The third kappa shape index (κ3) is 16.6. The number of allylic oxidation sites excluding steroid dienone is 1. The number of epoxide rings is 1. The Kier molecular flexibility index (Phi) is 13.5. The van der Waals surface area contributed by atoms with Gasteiger partial charge in [-0.25, -0.2) is 0 Å². The van der Waals surface area contributed by atoms with Crippen LogP contribution in [0.4, 0.5) is 0 Å². The van der Waals surface area contributed by atoms with Crippen molar-refractivity contribution in [1.29, 1.82) is 0 Å². The van der Waals surface area contributed by atoms with Gasteiger partial charge in [0.05, 0.1) is 30.5 Å². The molecule has 0 aromatic carbocycles. The lowest BCUT2D eigenvalue weighted by Crippen LogP contribution is -2.35. The summed E-state index contributed by atoms with van der Waals surface area (Å²) >= 11 is 0. The van der Waals surface area contributed by atoms with Gasteiger partial charge >= 0.3 is 0 Å². The largest absolute Gasteiger partial charge is 0.414 e. The molecule has 0 radical (unpaired) electrons. The van der Waals surface area contributed by atoms with E-state index in [1.807, 2.05) is 25.7 Å². The highest BCUT2D eigenvalue weighted by Gasteiger charge is 2.47. The van der Waals surface area contributed by atoms with E-state index in [0.717, 1.165) is 0 Å². The maximum absolute atomic E-state index is 11.2. The van der Waals surface area contributed by atoms with E-state index in [0.29, 0.717) is 50.1 Å². The predicted molar refractivity (Wildman–Crippen MR) is 158 cm³/mol. The Morgan fingerprint density at radius 1 is 0.795 bits per heavy atom. The number of nitrogens with zero attached hydrogens (tertiary/aromatic N) is 6. The van der Waals surface area contributed by atoms with E-state index in [1.54, 1.807) is 6.08 Å². The van der Waals surface area contributed by atoms with Gasteiger partial charge in [0.15, 0.2) is 22.4 Å². The Morgan fingerprint density at radius 2 is 1.33 bits per heavy atom. The van der Waals surface area contributed by atoms with Crippen molar-refractivity contribution in [3.63, 3.8) is 0 Å². The third-order valence-electron chi connectivity index (χ3n) is 5.29. The predicted octanol–water partition coefficient (Wildman–Crippen LogP) is 6.23. The Balaban J connectivity index is 0.000000271. The van der Waals surface area contributed by atoms with E-state index < -0.39 is 24.9 Å². The van der Waals surface area contributed by atoms with Crippen LogP contribution >= 0.6 is 0 Å². The third-order valence-corrected chi connectivity index (χ3v) is 8.00. The first kappa shape index (κ1) is 34.9. The molecule has 3 fully saturated rings. The standard InChI is InChI=1S/C8H15N3O2Si.C8H14O2Si.C5H6O2.C3H9N3Si/c1-14(2,3)13-8-5-6(12)4-7(8)10-11-9;1-11(2,3)10-8-5-4-7(9)6-8;6-3-1-4-5(2-3)7-4;1-7(2,3)6-5-4/h7-8H,4-5H2,1-3H3;4-5,8H,6H2,1-3H3;4-5H,1-2H2;1-3H3/t7-,8-;8-;4-,5?;/m101./s1. The number of ether oxygens (including phenoxy) is 1. The summed E-state index contributed by atoms with van der Waals surface area (Å²) in [5, 5.41) is 3.60. The van der Waals surface area contributed by atoms with E-state index in [9.17, 15) is 14.4 Å². The zero-order valence-electron chi connectivity index (χ0n) is 24.7. The molecule has 0 aromatic heterocycles. The molecule has 15 heteroatoms. The Labute approximate surface area is 234 Å². The summed E-state index contributed by atoms with van der Waals surface area (Å²) in [7, 11) is -4.56. The van der Waals surface area contributed by atoms with Crippen molar-refractivity contribution in [2.24, 2.45) is 9.89 Å². The van der Waals surface area contributed by atoms with Crippen LogP contribution < -0.4 is 0 Å². The van der Waals surface area contributed by atoms with Crippen molar-refractivity contribution in [3.8, 4) is 0 Å². The van der Waals surface area contributed by atoms with Crippen LogP contribution in [0.3, 0.4) is 0 Å². The summed E-state index contributed by atoms with van der Waals surface area (Å²) in [6.45, 7) is 18.5. The molecule has 1 heterocycles. The molecular weight excluding hydrogens is 553 g/mol. The van der Waals surface area contributed by atoms with Crippen molar-refractivity contribution in [2.75, 3.05) is 0 Å². The van der Waals surface area contributed by atoms with Gasteiger partial charge in [0.25, 0.3) is 0 Å². The van der Waals surface area contributed by atoms with Crippen LogP contribution in [0.1, 0.15) is 32.1 Å². The van der Waals surface area contributed by atoms with Crippen molar-refractivity contribution in [1.82, 2.24) is 0 Å². The number of ketones is 3. The van der Waals surface area contributed by atoms with E-state index in [-0.39, 0.29) is 29.8 Å². The molecule has 0 aromatic rings. The normalized spacial score (nSPS) is 27.0. The maximum Gasteiger partial charge on any atom is 0.184 e. The fourth-order valence-electron chi connectivity index (χ4n) is 3.85. The van der Waals surface area contributed by atoms with E-state index in [4.69, 9.17) is 24.7 Å². The molecule has 39 heavy (non-hydrogen) atoms. The molecule has 1 aliphatic heterocycles. The second-order valence-electron chi connectivity index (χ2n) is 12.8. The van der Waals surface area contributed by atoms with Gasteiger partial charge in [-0.2, -0.15) is 0 Å². The Hall–Kier alpha value is -2.10. The average molecular weight is 597 g/mol. The van der Waals surface area contributed by atoms with Crippen LogP contribution in [0.25, 0.3) is 20.9 Å². The summed E-state index contributed by atoms with van der Waals surface area (Å²) in [5.74, 6) is 0.695. The summed E-state index contributed by atoms with van der Waals surface area (Å²) in [6.07, 6.45) is 6.68. The molecule has 2 saturated carbocycles. The van der Waals surface area contributed by atoms with Crippen LogP contribution in [0.5, 0.6) is 0 Å². The lowest BCUT2D eigenvalue weighted by atomic mass is 10.2. The molecule has 4 rings (SSSR count). The zero-order valence-corrected chi connectivity index (χ0v) is 27.7. The zero-order chi connectivity index (χ0) is 30.0. The fourth-order valence-corrected chi connectivity index (χ4v) is 6.34. The molecule has 1 unspecified atom stereocenters. The maximum atomic E-state index is 11.2. The average Bonchev–Trinajstić information content (AvgIpc) is 3.01. The molecule has 3 aliphatic carbocycles. The van der Waals surface area contributed by atoms with E-state index in [2.05, 4.69) is 59.0 Å². The summed E-state index contributed by atoms with van der Waals surface area (Å²) in [5.41, 5.74) is 16.2. The van der Waals surface area contributed by atoms with Crippen LogP contribution in [0.2, 0.25) is 58.9 Å². The monoisotopic (exact) mass is 596 g/mol. The molecule has 0 spiro atoms. The van der Waals surface area contributed by atoms with Crippen molar-refractivity contribution >= 4 is 42.2 Å². The summed E-state index contributed by atoms with van der Waals surface area (Å²) < 4.78 is 20.1. The fraction of sp³-hybridized carbons (Fsp3) is 0.792. The van der Waals surface area contributed by atoms with E-state index >= 15 is 0 Å². The minimum atomic E-state index is -1.66. The summed E-state index contributed by atoms with van der Waals surface area (Å²) in [4.78, 5) is 37.8. The van der Waals surface area contributed by atoms with Crippen LogP contribution in [0.15, 0.2) is 22.0 Å². The van der Waals surface area contributed by atoms with Gasteiger partial charge in [-0.1, -0.05) is 30.8 Å². The van der Waals surface area contributed by atoms with Gasteiger partial charge in [-0.05, 0) is 61.3 Å². The lowest BCUT2D eigenvalue weighted by Gasteiger charge is -2.25. The highest BCUT2D eigenvalue weighted by molar-refractivity contribution is 6.74. The molecule has 4 aliphatic rings. The van der Waals surface area contributed by atoms with Gasteiger partial charge in [-0.15, -0.1) is 4.78 Å². The van der Waals surface area contributed by atoms with Crippen LogP contribution in [0, 0.1) is 0 Å². The molecular formula is C24H44N6O6Si3. The quantitative estimate of drug-likeness (QED) is 0.115. The minimum absolute atomic E-state index is 0.0640. The highest BCUT2D eigenvalue weighted by Crippen LogP contribution is 2.35. The molecule has 0 amide bonds. The van der Waals surface area contributed by atoms with E-state index in [1.165, 1.54) is 0 Å². The number of carbonyl (C=O) groups is 3. The molecule has 12 nitrogen and oxygen atoms in total. The number of hydrogen-bond donors (Lipinski definition) is 0. The Bertz CT molecular complexity index is 995. The molecule has 0 bridgehead atoms. The first-order chi connectivity index (χ1) is 17.8. The molecule has 218 valence electrons. The molecule has 1 saturated heterocycles. The van der Waals surface area contributed by atoms with Crippen LogP contribution in [-0.2, 0) is 28.0 Å². The van der Waals surface area contributed by atoms with Gasteiger partial charge in [0, 0.05) is 37.0 Å². The molecule has 5 atom stereocenters. The lowest BCUT2D eigenvalue weighted by molar-refractivity contribution is -0.119. The number of Topliss-reactive ketones (excluding diaryl/α,β-unsaturated/α-hetero) is 2. The number of rotatable bonds is 6. The van der Waals surface area contributed by atoms with Gasteiger partial charge in [0.1, 0.15) is 19.8 Å². The minimum Gasteiger partial charge on any atom is -0.414 e. The number of hydrogen-bond acceptors (Lipinski definition) is 8. The first-order valence-electron chi connectivity index (χ1n) is 13.2. The van der Waals surface area contributed by atoms with Crippen molar-refractivity contribution < 1.29 is 28.0 Å². The number of carbonyl (C=O) groups excluding carboxylic acids is 3. The van der Waals surface area contributed by atoms with Gasteiger partial charge < -0.3 is 13.6 Å². The summed E-state index contributed by atoms with van der Waals surface area (Å²) in [6, 6.07) is -0.292. The number of fused-ring (bicyclic) bond motifs is 1. The Morgan fingerprint density at radius 3 is 1.67 bits per heavy atom. The second-order valence-corrected chi connectivity index (χ2v) is 26.3. The second kappa shape index (κ2) is 15.1. The SMILES string of the molecule is C[Si](C)(C)N=[N+]=[N-].C[Si](C)(C)O[C@@H]1CC(=O)C[C@H]1N=[N+]=[N-].C[Si](C)(C)O[C@H]1C=CC(=O)C1.O=C1CC2O[C@@H]2C1. The van der Waals surface area contributed by atoms with Gasteiger partial charge in [-0.3, -0.25) is 14.4 Å². The highest BCUT2D eigenvalue weighted by atomic mass is 28.4. The first-order valence-corrected chi connectivity index (χ1v) is 23.4.